The van der Waals surface area contributed by atoms with Gasteiger partial charge in [-0.2, -0.15) is 5.26 Å². The van der Waals surface area contributed by atoms with E-state index in [0.717, 1.165) is 26.9 Å². The molecule has 3 nitrogen and oxygen atoms in total. The average molecular weight is 327 g/mol. The molecular formula is C16H11BrN2O. The predicted molar refractivity (Wildman–Crippen MR) is 82.4 cm³/mol. The first-order valence-electron chi connectivity index (χ1n) is 6.17. The summed E-state index contributed by atoms with van der Waals surface area (Å²) in [6.07, 6.45) is 0. The molecule has 0 radical (unpaired) electrons. The van der Waals surface area contributed by atoms with Gasteiger partial charge in [-0.1, -0.05) is 34.1 Å². The van der Waals surface area contributed by atoms with Crippen LogP contribution in [0.4, 0.5) is 5.69 Å². The SMILES string of the molecule is N#Cc1cc(Br)ccc1NCc1cc2ccccc2o1. The van der Waals surface area contributed by atoms with Crippen molar-refractivity contribution < 1.29 is 4.42 Å². The van der Waals surface area contributed by atoms with Gasteiger partial charge in [0, 0.05) is 9.86 Å². The first-order chi connectivity index (χ1) is 9.76. The molecule has 0 saturated heterocycles. The number of nitriles is 1. The van der Waals surface area contributed by atoms with Crippen LogP contribution in [0.1, 0.15) is 11.3 Å². The fraction of sp³-hybridized carbons (Fsp3) is 0.0625. The second-order valence-corrected chi connectivity index (χ2v) is 5.32. The summed E-state index contributed by atoms with van der Waals surface area (Å²) in [5, 5.41) is 13.4. The van der Waals surface area contributed by atoms with Crippen molar-refractivity contribution in [1.29, 1.82) is 5.26 Å². The van der Waals surface area contributed by atoms with E-state index in [1.807, 2.05) is 42.5 Å². The van der Waals surface area contributed by atoms with Crippen LogP contribution in [-0.2, 0) is 6.54 Å². The van der Waals surface area contributed by atoms with E-state index >= 15 is 0 Å². The van der Waals surface area contributed by atoms with E-state index in [9.17, 15) is 0 Å². The van der Waals surface area contributed by atoms with Crippen molar-refractivity contribution in [1.82, 2.24) is 0 Å². The minimum Gasteiger partial charge on any atom is -0.459 e. The Morgan fingerprint density at radius 2 is 2.00 bits per heavy atom. The molecule has 1 heterocycles. The number of fused-ring (bicyclic) bond motifs is 1. The first-order valence-corrected chi connectivity index (χ1v) is 6.96. The first kappa shape index (κ1) is 12.8. The van der Waals surface area contributed by atoms with Crippen LogP contribution < -0.4 is 5.32 Å². The molecule has 3 aromatic rings. The molecule has 4 heteroatoms. The van der Waals surface area contributed by atoms with Gasteiger partial charge in [0.1, 0.15) is 17.4 Å². The Balaban J connectivity index is 1.81. The van der Waals surface area contributed by atoms with E-state index in [4.69, 9.17) is 9.68 Å². The van der Waals surface area contributed by atoms with Gasteiger partial charge in [0.05, 0.1) is 17.8 Å². The summed E-state index contributed by atoms with van der Waals surface area (Å²) in [5.74, 6) is 0.845. The van der Waals surface area contributed by atoms with E-state index in [1.165, 1.54) is 0 Å². The largest absolute Gasteiger partial charge is 0.459 e. The molecule has 1 aromatic heterocycles. The van der Waals surface area contributed by atoms with Crippen molar-refractivity contribution in [2.24, 2.45) is 0 Å². The maximum atomic E-state index is 9.12. The van der Waals surface area contributed by atoms with Gasteiger partial charge in [-0.05, 0) is 30.3 Å². The molecule has 0 bridgehead atoms. The second-order valence-electron chi connectivity index (χ2n) is 4.41. The Morgan fingerprint density at radius 3 is 2.80 bits per heavy atom. The molecule has 0 aliphatic rings. The van der Waals surface area contributed by atoms with E-state index in [0.29, 0.717) is 12.1 Å². The smallest absolute Gasteiger partial charge is 0.134 e. The Morgan fingerprint density at radius 1 is 1.15 bits per heavy atom. The number of furan rings is 1. The zero-order valence-corrected chi connectivity index (χ0v) is 12.1. The lowest BCUT2D eigenvalue weighted by Crippen LogP contribution is -2.00. The van der Waals surface area contributed by atoms with Crippen LogP contribution in [0, 0.1) is 11.3 Å². The third-order valence-electron chi connectivity index (χ3n) is 3.03. The van der Waals surface area contributed by atoms with Crippen LogP contribution in [0.25, 0.3) is 11.0 Å². The molecule has 0 aliphatic carbocycles. The minimum atomic E-state index is 0.547. The molecule has 2 aromatic carbocycles. The van der Waals surface area contributed by atoms with E-state index in [2.05, 4.69) is 27.3 Å². The molecule has 0 atom stereocenters. The fourth-order valence-electron chi connectivity index (χ4n) is 2.07. The van der Waals surface area contributed by atoms with Crippen LogP contribution in [0.3, 0.4) is 0 Å². The van der Waals surface area contributed by atoms with Crippen molar-refractivity contribution in [2.45, 2.75) is 6.54 Å². The Labute approximate surface area is 125 Å². The average Bonchev–Trinajstić information content (AvgIpc) is 2.88. The van der Waals surface area contributed by atoms with Crippen molar-refractivity contribution in [3.8, 4) is 6.07 Å². The van der Waals surface area contributed by atoms with Crippen LogP contribution in [-0.4, -0.2) is 0 Å². The number of hydrogen-bond acceptors (Lipinski definition) is 3. The topological polar surface area (TPSA) is 49.0 Å². The quantitative estimate of drug-likeness (QED) is 0.760. The van der Waals surface area contributed by atoms with Gasteiger partial charge >= 0.3 is 0 Å². The second kappa shape index (κ2) is 5.40. The van der Waals surface area contributed by atoms with Crippen LogP contribution in [0.5, 0.6) is 0 Å². The highest BCUT2D eigenvalue weighted by atomic mass is 79.9. The number of rotatable bonds is 3. The number of hydrogen-bond donors (Lipinski definition) is 1. The predicted octanol–water partition coefficient (Wildman–Crippen LogP) is 4.68. The summed E-state index contributed by atoms with van der Waals surface area (Å²) in [6, 6.07) is 17.7. The summed E-state index contributed by atoms with van der Waals surface area (Å²) in [4.78, 5) is 0. The van der Waals surface area contributed by atoms with Gasteiger partial charge in [-0.25, -0.2) is 0 Å². The van der Waals surface area contributed by atoms with Crippen LogP contribution in [0.2, 0.25) is 0 Å². The molecule has 0 amide bonds. The van der Waals surface area contributed by atoms with Crippen LogP contribution >= 0.6 is 15.9 Å². The molecular weight excluding hydrogens is 316 g/mol. The lowest BCUT2D eigenvalue weighted by atomic mass is 10.2. The van der Waals surface area contributed by atoms with Gasteiger partial charge in [-0.15, -0.1) is 0 Å². The maximum absolute atomic E-state index is 9.12. The highest BCUT2D eigenvalue weighted by molar-refractivity contribution is 9.10. The lowest BCUT2D eigenvalue weighted by Gasteiger charge is -2.06. The fourth-order valence-corrected chi connectivity index (χ4v) is 2.43. The number of nitrogens with zero attached hydrogens (tertiary/aromatic N) is 1. The highest BCUT2D eigenvalue weighted by Gasteiger charge is 2.05. The molecule has 20 heavy (non-hydrogen) atoms. The zero-order chi connectivity index (χ0) is 13.9. The maximum Gasteiger partial charge on any atom is 0.134 e. The minimum absolute atomic E-state index is 0.547. The van der Waals surface area contributed by atoms with Crippen LogP contribution in [0.15, 0.2) is 57.4 Å². The van der Waals surface area contributed by atoms with Gasteiger partial charge in [-0.3, -0.25) is 0 Å². The van der Waals surface area contributed by atoms with Crippen molar-refractivity contribution in [2.75, 3.05) is 5.32 Å². The lowest BCUT2D eigenvalue weighted by molar-refractivity contribution is 0.559. The van der Waals surface area contributed by atoms with Crippen molar-refractivity contribution in [3.63, 3.8) is 0 Å². The van der Waals surface area contributed by atoms with Gasteiger partial charge < -0.3 is 9.73 Å². The monoisotopic (exact) mass is 326 g/mol. The third-order valence-corrected chi connectivity index (χ3v) is 3.52. The van der Waals surface area contributed by atoms with E-state index in [-0.39, 0.29) is 0 Å². The molecule has 0 aliphatic heterocycles. The van der Waals surface area contributed by atoms with Crippen molar-refractivity contribution >= 4 is 32.6 Å². The molecule has 1 N–H and O–H groups in total. The van der Waals surface area contributed by atoms with Gasteiger partial charge in [0.15, 0.2) is 0 Å². The number of para-hydroxylation sites is 1. The summed E-state index contributed by atoms with van der Waals surface area (Å²) >= 11 is 3.36. The number of anilines is 1. The summed E-state index contributed by atoms with van der Waals surface area (Å²) < 4.78 is 6.62. The third kappa shape index (κ3) is 2.54. The normalized spacial score (nSPS) is 10.4. The number of benzene rings is 2. The highest BCUT2D eigenvalue weighted by Crippen LogP contribution is 2.23. The zero-order valence-electron chi connectivity index (χ0n) is 10.6. The molecule has 98 valence electrons. The molecule has 0 fully saturated rings. The Kier molecular flexibility index (Phi) is 3.44. The van der Waals surface area contributed by atoms with Gasteiger partial charge in [0.25, 0.3) is 0 Å². The summed E-state index contributed by atoms with van der Waals surface area (Å²) in [5.41, 5.74) is 2.28. The standard InChI is InChI=1S/C16H11BrN2O/c17-13-5-6-15(12(7-13)9-18)19-10-14-8-11-3-1-2-4-16(11)20-14/h1-8,19H,10H2. The number of nitrogens with one attached hydrogen (secondary N) is 1. The molecule has 0 spiro atoms. The Hall–Kier alpha value is -2.25. The van der Waals surface area contributed by atoms with E-state index in [1.54, 1.807) is 6.07 Å². The Bertz CT molecular complexity index is 769. The number of halogens is 1. The van der Waals surface area contributed by atoms with Gasteiger partial charge in [0.2, 0.25) is 0 Å². The van der Waals surface area contributed by atoms with Crippen molar-refractivity contribution in [3.05, 3.63) is 64.3 Å². The molecule has 0 unspecified atom stereocenters. The van der Waals surface area contributed by atoms with E-state index < -0.39 is 0 Å². The molecule has 0 saturated carbocycles. The summed E-state index contributed by atoms with van der Waals surface area (Å²) in [6.45, 7) is 0.547. The summed E-state index contributed by atoms with van der Waals surface area (Å²) in [7, 11) is 0. The molecule has 3 rings (SSSR count).